The van der Waals surface area contributed by atoms with Gasteiger partial charge in [0.1, 0.15) is 4.21 Å². The van der Waals surface area contributed by atoms with E-state index >= 15 is 0 Å². The Morgan fingerprint density at radius 3 is 2.67 bits per heavy atom. The van der Waals surface area contributed by atoms with Gasteiger partial charge in [0.05, 0.1) is 18.8 Å². The highest BCUT2D eigenvalue weighted by Gasteiger charge is 2.19. The van der Waals surface area contributed by atoms with Crippen LogP contribution in [0.3, 0.4) is 0 Å². The van der Waals surface area contributed by atoms with Crippen molar-refractivity contribution in [2.45, 2.75) is 44.0 Å². The third-order valence-electron chi connectivity index (χ3n) is 4.14. The summed E-state index contributed by atoms with van der Waals surface area (Å²) in [6, 6.07) is 5.04. The fourth-order valence-electron chi connectivity index (χ4n) is 2.82. The number of carbonyl (C=O) groups excluding carboxylic acids is 1. The highest BCUT2D eigenvalue weighted by molar-refractivity contribution is 7.91. The van der Waals surface area contributed by atoms with Gasteiger partial charge < -0.3 is 10.2 Å². The Hall–Kier alpha value is -2.04. The Balaban J connectivity index is 1.67. The topological polar surface area (TPSA) is 104 Å². The van der Waals surface area contributed by atoms with Gasteiger partial charge in [-0.05, 0) is 38.0 Å². The van der Waals surface area contributed by atoms with Gasteiger partial charge >= 0.3 is 0 Å². The number of sulfonamides is 1. The number of aromatic nitrogens is 2. The molecule has 2 aromatic rings. The lowest BCUT2D eigenvalue weighted by Gasteiger charge is -2.16. The number of hydrogen-bond donors (Lipinski definition) is 2. The van der Waals surface area contributed by atoms with E-state index in [4.69, 9.17) is 0 Å². The number of thiophene rings is 1. The summed E-state index contributed by atoms with van der Waals surface area (Å²) < 4.78 is 27.9. The number of amides is 1. The van der Waals surface area contributed by atoms with Crippen LogP contribution in [0.1, 0.15) is 36.0 Å². The Morgan fingerprint density at radius 2 is 1.96 bits per heavy atom. The van der Waals surface area contributed by atoms with Crippen molar-refractivity contribution >= 4 is 33.2 Å². The summed E-state index contributed by atoms with van der Waals surface area (Å²) in [5.41, 5.74) is 1.46. The summed E-state index contributed by atoms with van der Waals surface area (Å²) >= 11 is 1.14. The van der Waals surface area contributed by atoms with E-state index in [1.54, 1.807) is 18.2 Å². The summed E-state index contributed by atoms with van der Waals surface area (Å²) in [4.78, 5) is 22.9. The van der Waals surface area contributed by atoms with Gasteiger partial charge in [0.25, 0.3) is 0 Å². The van der Waals surface area contributed by atoms with E-state index in [0.29, 0.717) is 18.2 Å². The molecule has 0 bridgehead atoms. The fraction of sp³-hybridized carbons (Fsp3) is 0.471. The molecule has 0 saturated carbocycles. The first-order valence-electron chi connectivity index (χ1n) is 8.76. The second-order valence-corrected chi connectivity index (χ2v) is 9.61. The van der Waals surface area contributed by atoms with Crippen molar-refractivity contribution < 1.29 is 13.2 Å². The van der Waals surface area contributed by atoms with Crippen molar-refractivity contribution in [1.82, 2.24) is 20.0 Å². The molecule has 10 heteroatoms. The third kappa shape index (κ3) is 5.24. The Labute approximate surface area is 163 Å². The quantitative estimate of drug-likeness (QED) is 0.719. The van der Waals surface area contributed by atoms with Gasteiger partial charge in [-0.15, -0.1) is 11.3 Å². The van der Waals surface area contributed by atoms with E-state index in [1.807, 2.05) is 6.92 Å². The van der Waals surface area contributed by atoms with Crippen LogP contribution in [0.15, 0.2) is 22.4 Å². The van der Waals surface area contributed by atoms with Gasteiger partial charge in [0.2, 0.25) is 21.9 Å². The molecule has 8 nitrogen and oxygen atoms in total. The lowest BCUT2D eigenvalue weighted by molar-refractivity contribution is -0.119. The van der Waals surface area contributed by atoms with Crippen molar-refractivity contribution in [1.29, 1.82) is 0 Å². The van der Waals surface area contributed by atoms with Gasteiger partial charge in [-0.3, -0.25) is 4.79 Å². The first-order valence-corrected chi connectivity index (χ1v) is 11.1. The number of carbonyl (C=O) groups is 1. The molecule has 0 unspecified atom stereocenters. The first kappa shape index (κ1) is 19.7. The van der Waals surface area contributed by atoms with E-state index in [9.17, 15) is 13.2 Å². The minimum absolute atomic E-state index is 0.103. The molecule has 146 valence electrons. The monoisotopic (exact) mass is 409 g/mol. The van der Waals surface area contributed by atoms with Gasteiger partial charge in [0, 0.05) is 30.6 Å². The van der Waals surface area contributed by atoms with Gasteiger partial charge in [0.15, 0.2) is 0 Å². The number of anilines is 1. The van der Waals surface area contributed by atoms with Crippen LogP contribution in [-0.2, 0) is 27.9 Å². The number of nitrogens with zero attached hydrogens (tertiary/aromatic N) is 3. The minimum Gasteiger partial charge on any atom is -0.351 e. The molecule has 2 N–H and O–H groups in total. The molecular formula is C17H23N5O3S2. The molecule has 0 atom stereocenters. The molecule has 2 aromatic heterocycles. The zero-order valence-electron chi connectivity index (χ0n) is 15.4. The maximum Gasteiger partial charge on any atom is 0.250 e. The smallest absolute Gasteiger partial charge is 0.250 e. The van der Waals surface area contributed by atoms with Crippen molar-refractivity contribution in [3.05, 3.63) is 34.5 Å². The van der Waals surface area contributed by atoms with Crippen LogP contribution >= 0.6 is 11.3 Å². The van der Waals surface area contributed by atoms with Crippen molar-refractivity contribution in [2.75, 3.05) is 18.0 Å². The zero-order chi connectivity index (χ0) is 19.4. The second kappa shape index (κ2) is 8.32. The molecule has 1 saturated heterocycles. The van der Waals surface area contributed by atoms with Crippen molar-refractivity contribution in [3.63, 3.8) is 0 Å². The molecule has 1 aliphatic heterocycles. The van der Waals surface area contributed by atoms with E-state index in [1.165, 1.54) is 6.92 Å². The summed E-state index contributed by atoms with van der Waals surface area (Å²) in [7, 11) is -3.64. The molecule has 1 aliphatic rings. The van der Waals surface area contributed by atoms with Crippen LogP contribution in [0.4, 0.5) is 5.95 Å². The van der Waals surface area contributed by atoms with E-state index < -0.39 is 10.0 Å². The van der Waals surface area contributed by atoms with Crippen molar-refractivity contribution in [3.8, 4) is 0 Å². The largest absolute Gasteiger partial charge is 0.351 e. The third-order valence-corrected chi connectivity index (χ3v) is 7.12. The summed E-state index contributed by atoms with van der Waals surface area (Å²) in [6.45, 7) is 5.59. The predicted molar refractivity (Wildman–Crippen MR) is 104 cm³/mol. The summed E-state index contributed by atoms with van der Waals surface area (Å²) in [6.07, 6.45) is 2.25. The summed E-state index contributed by atoms with van der Waals surface area (Å²) in [5, 5.41) is 2.66. The molecule has 1 fully saturated rings. The van der Waals surface area contributed by atoms with Crippen LogP contribution in [-0.4, -0.2) is 37.4 Å². The number of hydrogen-bond acceptors (Lipinski definition) is 7. The highest BCUT2D eigenvalue weighted by atomic mass is 32.2. The minimum atomic E-state index is -3.64. The van der Waals surface area contributed by atoms with Crippen LogP contribution in [0.2, 0.25) is 0 Å². The number of nitrogens with one attached hydrogen (secondary N) is 2. The maximum absolute atomic E-state index is 12.5. The average molecular weight is 410 g/mol. The fourth-order valence-corrected chi connectivity index (χ4v) is 5.15. The van der Waals surface area contributed by atoms with Crippen LogP contribution in [0, 0.1) is 6.92 Å². The molecular weight excluding hydrogens is 386 g/mol. The molecule has 1 amide bonds. The van der Waals surface area contributed by atoms with E-state index in [2.05, 4.69) is 24.9 Å². The van der Waals surface area contributed by atoms with Gasteiger partial charge in [-0.25, -0.2) is 23.1 Å². The lowest BCUT2D eigenvalue weighted by Crippen LogP contribution is -2.25. The Morgan fingerprint density at radius 1 is 1.22 bits per heavy atom. The lowest BCUT2D eigenvalue weighted by atomic mass is 10.3. The molecule has 3 heterocycles. The Kier molecular flexibility index (Phi) is 6.08. The normalized spacial score (nSPS) is 14.5. The molecule has 0 aromatic carbocycles. The molecule has 3 rings (SSSR count). The molecule has 0 radical (unpaired) electrons. The van der Waals surface area contributed by atoms with Gasteiger partial charge in [-0.2, -0.15) is 0 Å². The average Bonchev–Trinajstić information content (AvgIpc) is 3.30. The van der Waals surface area contributed by atoms with Crippen molar-refractivity contribution in [2.24, 2.45) is 0 Å². The Bertz CT molecular complexity index is 920. The molecule has 0 aliphatic carbocycles. The standard InChI is InChI=1S/C17H23N5O3S2/c1-12-9-14(21-17(20-12)22-7-3-4-8-22)10-19-27(24,25)16-6-5-15(26-16)11-18-13(2)23/h5-6,9,19H,3-4,7-8,10-11H2,1-2H3,(H,18,23). The zero-order valence-corrected chi connectivity index (χ0v) is 17.0. The predicted octanol–water partition coefficient (Wildman–Crippen LogP) is 1.56. The SMILES string of the molecule is CC(=O)NCc1ccc(S(=O)(=O)NCc2cc(C)nc(N3CCCC3)n2)s1. The van der Waals surface area contributed by atoms with Gasteiger partial charge in [-0.1, -0.05) is 0 Å². The summed E-state index contributed by atoms with van der Waals surface area (Å²) in [5.74, 6) is 0.509. The van der Waals surface area contributed by atoms with E-state index in [-0.39, 0.29) is 16.7 Å². The number of aryl methyl sites for hydroxylation is 1. The van der Waals surface area contributed by atoms with E-state index in [0.717, 1.165) is 47.8 Å². The molecule has 0 spiro atoms. The maximum atomic E-state index is 12.5. The highest BCUT2D eigenvalue weighted by Crippen LogP contribution is 2.22. The van der Waals surface area contributed by atoms with Crippen LogP contribution < -0.4 is 14.9 Å². The number of rotatable bonds is 7. The van der Waals surface area contributed by atoms with Crippen LogP contribution in [0.25, 0.3) is 0 Å². The second-order valence-electron chi connectivity index (χ2n) is 6.45. The van der Waals surface area contributed by atoms with Crippen LogP contribution in [0.5, 0.6) is 0 Å². The first-order chi connectivity index (χ1) is 12.8. The molecule has 27 heavy (non-hydrogen) atoms.